The van der Waals surface area contributed by atoms with Gasteiger partial charge in [-0.05, 0) is 54.4 Å². The molecule has 0 unspecified atom stereocenters. The van der Waals surface area contributed by atoms with E-state index in [9.17, 15) is 8.42 Å². The Morgan fingerprint density at radius 2 is 2.00 bits per heavy atom. The maximum atomic E-state index is 12.4. The third-order valence-electron chi connectivity index (χ3n) is 2.52. The summed E-state index contributed by atoms with van der Waals surface area (Å²) >= 11 is 4.54. The van der Waals surface area contributed by atoms with Gasteiger partial charge in [0.15, 0.2) is 0 Å². The highest BCUT2D eigenvalue weighted by Gasteiger charge is 2.26. The van der Waals surface area contributed by atoms with Gasteiger partial charge in [0, 0.05) is 17.6 Å². The van der Waals surface area contributed by atoms with Gasteiger partial charge in [0.2, 0.25) is 0 Å². The van der Waals surface area contributed by atoms with Gasteiger partial charge in [-0.3, -0.25) is 0 Å². The van der Waals surface area contributed by atoms with Crippen molar-refractivity contribution in [3.63, 3.8) is 0 Å². The van der Waals surface area contributed by atoms with E-state index in [1.165, 1.54) is 15.6 Å². The molecule has 7 heteroatoms. The highest BCUT2D eigenvalue weighted by Crippen LogP contribution is 2.30. The highest BCUT2D eigenvalue weighted by molar-refractivity contribution is 9.10. The second kappa shape index (κ2) is 7.00. The molecule has 1 rings (SSSR count). The van der Waals surface area contributed by atoms with Crippen molar-refractivity contribution in [1.29, 1.82) is 0 Å². The van der Waals surface area contributed by atoms with E-state index in [1.807, 2.05) is 21.0 Å². The molecule has 0 N–H and O–H groups in total. The molecule has 1 aromatic rings. The zero-order valence-electron chi connectivity index (χ0n) is 10.9. The largest absolute Gasteiger partial charge is 0.309 e. The molecule has 0 fully saturated rings. The Morgan fingerprint density at radius 1 is 1.33 bits per heavy atom. The van der Waals surface area contributed by atoms with Gasteiger partial charge in [0.05, 0.1) is 0 Å². The molecule has 0 aromatic carbocycles. The Bertz CT molecular complexity index is 471. The molecule has 1 aromatic heterocycles. The Labute approximate surface area is 122 Å². The summed E-state index contributed by atoms with van der Waals surface area (Å²) in [5, 5.41) is 1.78. The molecular weight excluding hydrogens is 336 g/mol. The van der Waals surface area contributed by atoms with E-state index >= 15 is 0 Å². The van der Waals surface area contributed by atoms with Crippen LogP contribution in [0.3, 0.4) is 0 Å². The predicted octanol–water partition coefficient (Wildman–Crippen LogP) is 2.47. The first kappa shape index (κ1) is 16.1. The minimum atomic E-state index is -3.35. The average molecular weight is 355 g/mol. The Morgan fingerprint density at radius 3 is 2.44 bits per heavy atom. The standard InChI is InChI=1S/C11H19BrN2O2S2/c1-4-14(8-5-7-13(2)3)18(15,16)11-10(12)6-9-17-11/h6,9H,4-5,7-8H2,1-3H3. The zero-order chi connectivity index (χ0) is 13.8. The van der Waals surface area contributed by atoms with Crippen LogP contribution in [-0.2, 0) is 10.0 Å². The SMILES string of the molecule is CCN(CCCN(C)C)S(=O)(=O)c1sccc1Br. The molecule has 0 aliphatic carbocycles. The van der Waals surface area contributed by atoms with Gasteiger partial charge in [-0.15, -0.1) is 11.3 Å². The summed E-state index contributed by atoms with van der Waals surface area (Å²) in [4.78, 5) is 2.06. The Hall–Kier alpha value is 0.0500. The van der Waals surface area contributed by atoms with Crippen LogP contribution in [0.2, 0.25) is 0 Å². The fraction of sp³-hybridized carbons (Fsp3) is 0.636. The number of hydrogen-bond acceptors (Lipinski definition) is 4. The van der Waals surface area contributed by atoms with Crippen molar-refractivity contribution in [1.82, 2.24) is 9.21 Å². The normalized spacial score (nSPS) is 12.6. The van der Waals surface area contributed by atoms with E-state index in [0.29, 0.717) is 21.8 Å². The second-order valence-electron chi connectivity index (χ2n) is 4.21. The fourth-order valence-corrected chi connectivity index (χ4v) is 5.53. The predicted molar refractivity (Wildman–Crippen MR) is 79.6 cm³/mol. The third kappa shape index (κ3) is 4.03. The summed E-state index contributed by atoms with van der Waals surface area (Å²) in [6.45, 7) is 3.81. The molecule has 0 atom stereocenters. The maximum Gasteiger partial charge on any atom is 0.253 e. The Balaban J connectivity index is 2.78. The first-order valence-corrected chi connectivity index (χ1v) is 8.88. The summed E-state index contributed by atoms with van der Waals surface area (Å²) in [6.07, 6.45) is 0.836. The van der Waals surface area contributed by atoms with E-state index < -0.39 is 10.0 Å². The summed E-state index contributed by atoms with van der Waals surface area (Å²) in [5.41, 5.74) is 0. The van der Waals surface area contributed by atoms with Crippen LogP contribution in [0.25, 0.3) is 0 Å². The van der Waals surface area contributed by atoms with Crippen LogP contribution in [0, 0.1) is 0 Å². The molecule has 0 aliphatic heterocycles. The van der Waals surface area contributed by atoms with Crippen molar-refractivity contribution in [3.05, 3.63) is 15.9 Å². The molecule has 0 bridgehead atoms. The summed E-state index contributed by atoms with van der Waals surface area (Å²) in [7, 11) is 0.624. The molecule has 0 spiro atoms. The van der Waals surface area contributed by atoms with Gasteiger partial charge in [-0.1, -0.05) is 6.92 Å². The lowest BCUT2D eigenvalue weighted by molar-refractivity contribution is 0.356. The van der Waals surface area contributed by atoms with Crippen molar-refractivity contribution in [2.45, 2.75) is 17.6 Å². The van der Waals surface area contributed by atoms with Crippen LogP contribution in [0.5, 0.6) is 0 Å². The van der Waals surface area contributed by atoms with Crippen molar-refractivity contribution < 1.29 is 8.42 Å². The number of halogens is 1. The fourth-order valence-electron chi connectivity index (χ4n) is 1.59. The molecule has 1 heterocycles. The molecule has 0 aliphatic rings. The van der Waals surface area contributed by atoms with Gasteiger partial charge in [-0.25, -0.2) is 8.42 Å². The maximum absolute atomic E-state index is 12.4. The van der Waals surface area contributed by atoms with Crippen molar-refractivity contribution in [2.24, 2.45) is 0 Å². The number of hydrogen-bond donors (Lipinski definition) is 0. The van der Waals surface area contributed by atoms with Gasteiger partial charge >= 0.3 is 0 Å². The molecule has 104 valence electrons. The van der Waals surface area contributed by atoms with Crippen LogP contribution >= 0.6 is 27.3 Å². The average Bonchev–Trinajstić information content (AvgIpc) is 2.70. The van der Waals surface area contributed by atoms with Gasteiger partial charge in [0.1, 0.15) is 4.21 Å². The molecule has 0 saturated heterocycles. The quantitative estimate of drug-likeness (QED) is 0.755. The summed E-state index contributed by atoms with van der Waals surface area (Å²) in [6, 6.07) is 1.77. The van der Waals surface area contributed by atoms with E-state index in [1.54, 1.807) is 11.4 Å². The molecule has 0 amide bonds. The summed E-state index contributed by atoms with van der Waals surface area (Å²) < 4.78 is 27.4. The summed E-state index contributed by atoms with van der Waals surface area (Å²) in [5.74, 6) is 0. The van der Waals surface area contributed by atoms with Gasteiger partial charge in [-0.2, -0.15) is 4.31 Å². The third-order valence-corrected chi connectivity index (χ3v) is 7.15. The first-order valence-electron chi connectivity index (χ1n) is 5.77. The topological polar surface area (TPSA) is 40.6 Å². The molecule has 4 nitrogen and oxygen atoms in total. The number of rotatable bonds is 7. The van der Waals surface area contributed by atoms with Crippen LogP contribution in [0.4, 0.5) is 0 Å². The number of sulfonamides is 1. The first-order chi connectivity index (χ1) is 8.39. The minimum absolute atomic E-state index is 0.397. The van der Waals surface area contributed by atoms with Crippen molar-refractivity contribution in [3.8, 4) is 0 Å². The van der Waals surface area contributed by atoms with Crippen LogP contribution in [-0.4, -0.2) is 51.4 Å². The van der Waals surface area contributed by atoms with Crippen LogP contribution < -0.4 is 0 Å². The lowest BCUT2D eigenvalue weighted by Gasteiger charge is -2.20. The smallest absolute Gasteiger partial charge is 0.253 e. The van der Waals surface area contributed by atoms with Crippen molar-refractivity contribution >= 4 is 37.3 Å². The van der Waals surface area contributed by atoms with E-state index in [-0.39, 0.29) is 0 Å². The monoisotopic (exact) mass is 354 g/mol. The lowest BCUT2D eigenvalue weighted by Crippen LogP contribution is -2.33. The van der Waals surface area contributed by atoms with Gasteiger partial charge < -0.3 is 4.90 Å². The van der Waals surface area contributed by atoms with Crippen LogP contribution in [0.15, 0.2) is 20.1 Å². The van der Waals surface area contributed by atoms with Gasteiger partial charge in [0.25, 0.3) is 10.0 Å². The minimum Gasteiger partial charge on any atom is -0.309 e. The molecule has 0 radical (unpaired) electrons. The van der Waals surface area contributed by atoms with Crippen molar-refractivity contribution in [2.75, 3.05) is 33.7 Å². The highest BCUT2D eigenvalue weighted by atomic mass is 79.9. The molecular formula is C11H19BrN2O2S2. The lowest BCUT2D eigenvalue weighted by atomic mass is 10.4. The molecule has 18 heavy (non-hydrogen) atoms. The second-order valence-corrected chi connectivity index (χ2v) is 8.11. The number of nitrogens with zero attached hydrogens (tertiary/aromatic N) is 2. The van der Waals surface area contributed by atoms with E-state index in [2.05, 4.69) is 20.8 Å². The molecule has 0 saturated carbocycles. The number of thiophene rings is 1. The van der Waals surface area contributed by atoms with Crippen LogP contribution in [0.1, 0.15) is 13.3 Å². The van der Waals surface area contributed by atoms with E-state index in [4.69, 9.17) is 0 Å². The Kier molecular flexibility index (Phi) is 6.26. The zero-order valence-corrected chi connectivity index (χ0v) is 14.1. The van der Waals surface area contributed by atoms with E-state index in [0.717, 1.165) is 13.0 Å².